The number of fused-ring (bicyclic) bond motifs is 10. The van der Waals surface area contributed by atoms with Crippen LogP contribution in [0.3, 0.4) is 0 Å². The summed E-state index contributed by atoms with van der Waals surface area (Å²) in [7, 11) is 0. The molecular weight excluding hydrogens is 348 g/mol. The second kappa shape index (κ2) is 7.04. The molecule has 144 valence electrons. The third-order valence-corrected chi connectivity index (χ3v) is 6.15. The van der Waals surface area contributed by atoms with Gasteiger partial charge in [-0.2, -0.15) is 0 Å². The normalized spacial score (nSPS) is 13.3. The Kier molecular flexibility index (Phi) is 4.67. The molecule has 0 heterocycles. The molecule has 0 N–H and O–H groups in total. The van der Waals surface area contributed by atoms with Gasteiger partial charge in [-0.3, -0.25) is 0 Å². The lowest BCUT2D eigenvalue weighted by Crippen LogP contribution is -2.25. The summed E-state index contributed by atoms with van der Waals surface area (Å²) in [5.41, 5.74) is 12.3. The van der Waals surface area contributed by atoms with Crippen molar-refractivity contribution in [3.8, 4) is 22.3 Å². The van der Waals surface area contributed by atoms with E-state index in [2.05, 4.69) is 97.9 Å². The third kappa shape index (κ3) is 2.32. The van der Waals surface area contributed by atoms with Crippen molar-refractivity contribution in [3.05, 3.63) is 119 Å². The Morgan fingerprint density at radius 1 is 0.483 bits per heavy atom. The summed E-state index contributed by atoms with van der Waals surface area (Å²) < 4.78 is 0. The standard InChI is InChI=1S/C26H18.C2H6.CH4/c1-17-14-15-21-20-10-4-7-13-24(20)26(25(21)16-17)22-11-5-2-8-18(22)19-9-3-6-12-23(19)26;1-2;/h2-16H,1H3;1-2H3;1H4. The van der Waals surface area contributed by atoms with Gasteiger partial charge in [0.15, 0.2) is 0 Å². The van der Waals surface area contributed by atoms with Crippen LogP contribution < -0.4 is 0 Å². The van der Waals surface area contributed by atoms with Gasteiger partial charge < -0.3 is 0 Å². The van der Waals surface area contributed by atoms with Crippen LogP contribution >= 0.6 is 0 Å². The first kappa shape index (κ1) is 19.2. The van der Waals surface area contributed by atoms with Crippen LogP contribution in [0.4, 0.5) is 0 Å². The molecule has 0 heteroatoms. The monoisotopic (exact) mass is 376 g/mol. The first-order valence-electron chi connectivity index (χ1n) is 10.2. The van der Waals surface area contributed by atoms with Crippen LogP contribution in [-0.4, -0.2) is 0 Å². The lowest BCUT2D eigenvalue weighted by atomic mass is 9.70. The van der Waals surface area contributed by atoms with E-state index in [-0.39, 0.29) is 12.8 Å². The van der Waals surface area contributed by atoms with Gasteiger partial charge in [0.05, 0.1) is 5.41 Å². The zero-order valence-corrected chi connectivity index (χ0v) is 16.7. The van der Waals surface area contributed by atoms with E-state index < -0.39 is 0 Å². The van der Waals surface area contributed by atoms with Gasteiger partial charge in [-0.05, 0) is 51.4 Å². The van der Waals surface area contributed by atoms with Crippen LogP contribution in [0, 0.1) is 6.92 Å². The Labute approximate surface area is 174 Å². The number of rotatable bonds is 0. The maximum atomic E-state index is 2.40. The molecule has 0 unspecified atom stereocenters. The van der Waals surface area contributed by atoms with Crippen molar-refractivity contribution in [2.75, 3.05) is 0 Å². The van der Waals surface area contributed by atoms with Crippen molar-refractivity contribution >= 4 is 0 Å². The number of hydrogen-bond donors (Lipinski definition) is 0. The van der Waals surface area contributed by atoms with Crippen LogP contribution in [-0.2, 0) is 5.41 Å². The number of benzene rings is 4. The summed E-state index contributed by atoms with van der Waals surface area (Å²) in [6.45, 7) is 6.20. The van der Waals surface area contributed by atoms with E-state index in [1.165, 1.54) is 50.1 Å². The molecule has 0 saturated heterocycles. The van der Waals surface area contributed by atoms with Crippen LogP contribution in [0.1, 0.15) is 49.1 Å². The molecule has 0 fully saturated rings. The smallest absolute Gasteiger partial charge is 0.0725 e. The zero-order chi connectivity index (χ0) is 19.3. The van der Waals surface area contributed by atoms with Gasteiger partial charge in [0.2, 0.25) is 0 Å². The topological polar surface area (TPSA) is 0 Å². The highest BCUT2D eigenvalue weighted by molar-refractivity contribution is 5.94. The average molecular weight is 377 g/mol. The minimum Gasteiger partial charge on any atom is -0.0776 e. The molecule has 0 aliphatic heterocycles. The quantitative estimate of drug-likeness (QED) is 0.252. The lowest BCUT2D eigenvalue weighted by molar-refractivity contribution is 0.792. The van der Waals surface area contributed by atoms with Crippen LogP contribution in [0.5, 0.6) is 0 Å². The minimum absolute atomic E-state index is 0. The Morgan fingerprint density at radius 3 is 1.31 bits per heavy atom. The molecule has 1 spiro atoms. The summed E-state index contributed by atoms with van der Waals surface area (Å²) in [5.74, 6) is 0. The summed E-state index contributed by atoms with van der Waals surface area (Å²) in [4.78, 5) is 0. The van der Waals surface area contributed by atoms with E-state index in [0.717, 1.165) is 0 Å². The second-order valence-corrected chi connectivity index (χ2v) is 7.44. The molecule has 29 heavy (non-hydrogen) atoms. The van der Waals surface area contributed by atoms with E-state index in [1.54, 1.807) is 0 Å². The van der Waals surface area contributed by atoms with Crippen molar-refractivity contribution < 1.29 is 0 Å². The van der Waals surface area contributed by atoms with Gasteiger partial charge in [-0.1, -0.05) is 118 Å². The summed E-state index contributed by atoms with van der Waals surface area (Å²) in [6.07, 6.45) is 0. The van der Waals surface area contributed by atoms with Gasteiger partial charge in [0, 0.05) is 0 Å². The summed E-state index contributed by atoms with van der Waals surface area (Å²) in [6, 6.07) is 33.8. The number of hydrogen-bond acceptors (Lipinski definition) is 0. The Balaban J connectivity index is 0.000000664. The summed E-state index contributed by atoms with van der Waals surface area (Å²) in [5, 5.41) is 0. The van der Waals surface area contributed by atoms with Crippen molar-refractivity contribution in [3.63, 3.8) is 0 Å². The molecular formula is C29H28. The van der Waals surface area contributed by atoms with Crippen molar-refractivity contribution in [1.82, 2.24) is 0 Å². The Bertz CT molecular complexity index is 1130. The molecule has 0 saturated carbocycles. The Morgan fingerprint density at radius 2 is 0.862 bits per heavy atom. The Hall–Kier alpha value is -3.12. The van der Waals surface area contributed by atoms with Gasteiger partial charge in [0.1, 0.15) is 0 Å². The minimum atomic E-state index is -0.189. The van der Waals surface area contributed by atoms with Crippen LogP contribution in [0.25, 0.3) is 22.3 Å². The van der Waals surface area contributed by atoms with Gasteiger partial charge >= 0.3 is 0 Å². The van der Waals surface area contributed by atoms with E-state index >= 15 is 0 Å². The van der Waals surface area contributed by atoms with Gasteiger partial charge in [0.25, 0.3) is 0 Å². The van der Waals surface area contributed by atoms with Crippen LogP contribution in [0.15, 0.2) is 91.0 Å². The molecule has 0 nitrogen and oxygen atoms in total. The second-order valence-electron chi connectivity index (χ2n) is 7.44. The molecule has 4 aromatic carbocycles. The molecule has 6 rings (SSSR count). The molecule has 0 amide bonds. The third-order valence-electron chi connectivity index (χ3n) is 6.15. The maximum absolute atomic E-state index is 2.40. The predicted octanol–water partition coefficient (Wildman–Crippen LogP) is 8.00. The van der Waals surface area contributed by atoms with Crippen LogP contribution in [0.2, 0.25) is 0 Å². The fourth-order valence-electron chi connectivity index (χ4n) is 5.21. The highest BCUT2D eigenvalue weighted by atomic mass is 14.5. The highest BCUT2D eigenvalue weighted by Gasteiger charge is 2.51. The first-order chi connectivity index (χ1) is 13.8. The van der Waals surface area contributed by atoms with Crippen molar-refractivity contribution in [2.45, 2.75) is 33.6 Å². The summed E-state index contributed by atoms with van der Waals surface area (Å²) >= 11 is 0. The van der Waals surface area contributed by atoms with E-state index in [1.807, 2.05) is 13.8 Å². The first-order valence-corrected chi connectivity index (χ1v) is 10.2. The van der Waals surface area contributed by atoms with Gasteiger partial charge in [-0.15, -0.1) is 0 Å². The fourth-order valence-corrected chi connectivity index (χ4v) is 5.21. The van der Waals surface area contributed by atoms with E-state index in [9.17, 15) is 0 Å². The zero-order valence-electron chi connectivity index (χ0n) is 16.7. The number of aryl methyl sites for hydroxylation is 1. The SMILES string of the molecule is C.CC.Cc1ccc2c(c1)C1(c3ccccc3-c3ccccc31)c1ccccc1-2. The van der Waals surface area contributed by atoms with Crippen molar-refractivity contribution in [1.29, 1.82) is 0 Å². The van der Waals surface area contributed by atoms with E-state index in [0.29, 0.717) is 0 Å². The fraction of sp³-hybridized carbons (Fsp3) is 0.172. The molecule has 0 bridgehead atoms. The largest absolute Gasteiger partial charge is 0.0776 e. The lowest BCUT2D eigenvalue weighted by Gasteiger charge is -2.30. The molecule has 4 aromatic rings. The molecule has 0 atom stereocenters. The molecule has 2 aliphatic carbocycles. The maximum Gasteiger partial charge on any atom is 0.0725 e. The molecule has 2 aliphatic rings. The molecule has 0 aromatic heterocycles. The highest BCUT2D eigenvalue weighted by Crippen LogP contribution is 2.62. The molecule has 0 radical (unpaired) electrons. The predicted molar refractivity (Wildman–Crippen MR) is 126 cm³/mol. The van der Waals surface area contributed by atoms with Crippen molar-refractivity contribution in [2.24, 2.45) is 0 Å². The van der Waals surface area contributed by atoms with Gasteiger partial charge in [-0.25, -0.2) is 0 Å². The van der Waals surface area contributed by atoms with E-state index in [4.69, 9.17) is 0 Å². The average Bonchev–Trinajstić information content (AvgIpc) is 3.22.